The molecular formula is C32H35ClNO2PPd. The minimum atomic E-state index is 0.0778. The van der Waals surface area contributed by atoms with Gasteiger partial charge in [0.05, 0.1) is 19.8 Å². The normalized spacial score (nSPS) is 13.8. The number of benzene rings is 4. The second-order valence-corrected chi connectivity index (χ2v) is 12.6. The second kappa shape index (κ2) is 14.7. The fourth-order valence-electron chi connectivity index (χ4n) is 4.87. The van der Waals surface area contributed by atoms with E-state index in [1.54, 1.807) is 14.2 Å². The number of hydrogen-bond donors (Lipinski definition) is 1. The van der Waals surface area contributed by atoms with Crippen molar-refractivity contribution in [3.8, 4) is 33.8 Å². The fraction of sp³-hybridized carbons (Fsp3) is 0.250. The van der Waals surface area contributed by atoms with Crippen LogP contribution in [0.25, 0.3) is 22.3 Å². The molecule has 38 heavy (non-hydrogen) atoms. The molecular weight excluding hydrogens is 603 g/mol. The van der Waals surface area contributed by atoms with Crippen LogP contribution in [0.15, 0.2) is 91.0 Å². The average molecular weight is 638 g/mol. The Morgan fingerprint density at radius 3 is 1.92 bits per heavy atom. The van der Waals surface area contributed by atoms with Gasteiger partial charge in [-0.05, 0) is 41.5 Å². The van der Waals surface area contributed by atoms with Crippen LogP contribution >= 0.6 is 18.1 Å². The van der Waals surface area contributed by atoms with Gasteiger partial charge in [0, 0.05) is 0 Å². The first-order chi connectivity index (χ1) is 18.7. The number of halogens is 1. The number of hydrogen-bond acceptors (Lipinski definition) is 3. The van der Waals surface area contributed by atoms with Crippen LogP contribution in [0.5, 0.6) is 11.5 Å². The first kappa shape index (κ1) is 28.7. The zero-order valence-electron chi connectivity index (χ0n) is 21.9. The van der Waals surface area contributed by atoms with E-state index in [2.05, 4.69) is 30.3 Å². The Labute approximate surface area is 241 Å². The van der Waals surface area contributed by atoms with Crippen molar-refractivity contribution in [3.05, 3.63) is 91.0 Å². The van der Waals surface area contributed by atoms with Crippen molar-refractivity contribution in [2.24, 2.45) is 0 Å². The van der Waals surface area contributed by atoms with Crippen LogP contribution in [0.4, 0.5) is 5.69 Å². The van der Waals surface area contributed by atoms with Crippen molar-refractivity contribution in [2.45, 2.75) is 37.8 Å². The molecule has 0 saturated heterocycles. The van der Waals surface area contributed by atoms with Crippen LogP contribution in [0.1, 0.15) is 32.1 Å². The van der Waals surface area contributed by atoms with Gasteiger partial charge >= 0.3 is 102 Å². The molecule has 0 heterocycles. The molecule has 0 spiro atoms. The number of nitrogen functional groups attached to an aromatic ring is 1. The van der Waals surface area contributed by atoms with E-state index in [-0.39, 0.29) is 17.0 Å². The predicted molar refractivity (Wildman–Crippen MR) is 162 cm³/mol. The van der Waals surface area contributed by atoms with Crippen LogP contribution in [0.3, 0.4) is 0 Å². The van der Waals surface area contributed by atoms with E-state index in [9.17, 15) is 0 Å². The van der Waals surface area contributed by atoms with Crippen molar-refractivity contribution >= 4 is 33.1 Å². The molecule has 1 saturated carbocycles. The second-order valence-electron chi connectivity index (χ2n) is 9.16. The molecule has 1 fully saturated rings. The Bertz CT molecular complexity index is 1300. The maximum atomic E-state index is 5.94. The van der Waals surface area contributed by atoms with E-state index in [4.69, 9.17) is 24.7 Å². The first-order valence-corrected chi connectivity index (χ1v) is 16.7. The van der Waals surface area contributed by atoms with Crippen molar-refractivity contribution in [1.29, 1.82) is 0 Å². The molecule has 4 aromatic rings. The molecule has 6 heteroatoms. The average Bonchev–Trinajstić information content (AvgIpc) is 2.98. The van der Waals surface area contributed by atoms with Crippen molar-refractivity contribution in [3.63, 3.8) is 0 Å². The third kappa shape index (κ3) is 7.19. The maximum absolute atomic E-state index is 5.94. The summed E-state index contributed by atoms with van der Waals surface area (Å²) >= 11 is 0.0778. The summed E-state index contributed by atoms with van der Waals surface area (Å²) in [5, 5.41) is 1.43. The summed E-state index contributed by atoms with van der Waals surface area (Å²) in [5.74, 6) is 1.76. The Kier molecular flexibility index (Phi) is 11.1. The number of anilines is 1. The SMILES string of the molecule is COc1cccc(OC)c1-c1ccccc1PC1CCCCC1.Nc1ccccc1-c1cccc[c]1[Pd][Cl]. The summed E-state index contributed by atoms with van der Waals surface area (Å²) in [6.07, 6.45) is 6.92. The molecule has 0 aliphatic heterocycles. The van der Waals surface area contributed by atoms with E-state index < -0.39 is 0 Å². The molecule has 0 bridgehead atoms. The van der Waals surface area contributed by atoms with E-state index in [1.807, 2.05) is 60.7 Å². The summed E-state index contributed by atoms with van der Waals surface area (Å²) in [7, 11) is 10.3. The summed E-state index contributed by atoms with van der Waals surface area (Å²) in [4.78, 5) is 0. The fourth-order valence-corrected chi connectivity index (χ4v) is 7.92. The van der Waals surface area contributed by atoms with Crippen LogP contribution in [0.2, 0.25) is 0 Å². The molecule has 4 aromatic carbocycles. The number of ether oxygens (including phenoxy) is 2. The zero-order valence-corrected chi connectivity index (χ0v) is 25.2. The quantitative estimate of drug-likeness (QED) is 0.128. The van der Waals surface area contributed by atoms with E-state index in [1.165, 1.54) is 43.0 Å². The van der Waals surface area contributed by atoms with Gasteiger partial charge in [-0.2, -0.15) is 0 Å². The third-order valence-electron chi connectivity index (χ3n) is 6.75. The van der Waals surface area contributed by atoms with E-state index >= 15 is 0 Å². The van der Waals surface area contributed by atoms with Gasteiger partial charge in [0.2, 0.25) is 0 Å². The summed E-state index contributed by atoms with van der Waals surface area (Å²) in [5.41, 5.74) is 12.1. The summed E-state index contributed by atoms with van der Waals surface area (Å²) < 4.78 is 12.4. The molecule has 0 radical (unpaired) electrons. The Balaban J connectivity index is 0.000000194. The van der Waals surface area contributed by atoms with Gasteiger partial charge in [-0.3, -0.25) is 0 Å². The van der Waals surface area contributed by atoms with Crippen LogP contribution < -0.4 is 24.5 Å². The van der Waals surface area contributed by atoms with Gasteiger partial charge in [-0.25, -0.2) is 0 Å². The molecule has 1 aliphatic rings. The third-order valence-corrected chi connectivity index (χ3v) is 10.2. The van der Waals surface area contributed by atoms with Gasteiger partial charge in [0.25, 0.3) is 0 Å². The molecule has 1 atom stereocenters. The molecule has 1 aliphatic carbocycles. The van der Waals surface area contributed by atoms with E-state index in [0.717, 1.165) is 52.2 Å². The summed E-state index contributed by atoms with van der Waals surface area (Å²) in [6.45, 7) is 0. The number of methoxy groups -OCH3 is 2. The Morgan fingerprint density at radius 1 is 0.711 bits per heavy atom. The molecule has 0 aromatic heterocycles. The molecule has 2 N–H and O–H groups in total. The predicted octanol–water partition coefficient (Wildman–Crippen LogP) is 7.80. The van der Waals surface area contributed by atoms with Crippen LogP contribution in [-0.2, 0) is 17.0 Å². The molecule has 5 rings (SSSR count). The van der Waals surface area contributed by atoms with Crippen molar-refractivity contribution in [2.75, 3.05) is 20.0 Å². The zero-order chi connectivity index (χ0) is 26.7. The summed E-state index contributed by atoms with van der Waals surface area (Å²) in [6, 6.07) is 30.7. The van der Waals surface area contributed by atoms with Crippen LogP contribution in [0, 0.1) is 0 Å². The van der Waals surface area contributed by atoms with Gasteiger partial charge in [-0.1, -0.05) is 58.2 Å². The van der Waals surface area contributed by atoms with Gasteiger partial charge in [0.1, 0.15) is 11.5 Å². The standard InChI is InChI=1S/C20H25O2P.C12H10N.ClH.Pd/c1-21-17-12-8-13-18(22-2)20(17)16-11-6-7-14-19(16)23-15-9-4-3-5-10-15;13-12-9-5-4-8-11(12)10-6-2-1-3-7-10;;/h6-8,11-15,23H,3-5,9-10H2,1-2H3;1-6,8-9H,13H2;1H;/q;;;+1/p-1. The van der Waals surface area contributed by atoms with E-state index in [0.29, 0.717) is 0 Å². The Morgan fingerprint density at radius 2 is 1.29 bits per heavy atom. The molecule has 0 amide bonds. The van der Waals surface area contributed by atoms with Gasteiger partial charge < -0.3 is 9.47 Å². The van der Waals surface area contributed by atoms with Gasteiger partial charge in [0.15, 0.2) is 0 Å². The minimum absolute atomic E-state index is 0.0778. The molecule has 3 nitrogen and oxygen atoms in total. The Hall–Kier alpha value is -2.34. The van der Waals surface area contributed by atoms with Crippen LogP contribution in [-0.4, -0.2) is 19.9 Å². The van der Waals surface area contributed by atoms with Crippen molar-refractivity contribution < 1.29 is 26.4 Å². The molecule has 1 unspecified atom stereocenters. The monoisotopic (exact) mass is 637 g/mol. The topological polar surface area (TPSA) is 44.5 Å². The number of para-hydroxylation sites is 1. The number of rotatable bonds is 7. The van der Waals surface area contributed by atoms with Gasteiger partial charge in [-0.15, -0.1) is 0 Å². The molecule has 202 valence electrons. The first-order valence-electron chi connectivity index (χ1n) is 12.9. The number of nitrogens with two attached hydrogens (primary N) is 1. The van der Waals surface area contributed by atoms with Crippen molar-refractivity contribution in [1.82, 2.24) is 0 Å².